The highest BCUT2D eigenvalue weighted by atomic mass is 32.2. The molecule has 0 aromatic rings. The summed E-state index contributed by atoms with van der Waals surface area (Å²) >= 11 is 0. The highest BCUT2D eigenvalue weighted by molar-refractivity contribution is 7.92. The number of carboxylic acids is 1. The molecule has 19 heavy (non-hydrogen) atoms. The van der Waals surface area contributed by atoms with E-state index in [1.54, 1.807) is 20.8 Å². The normalized spacial score (nSPS) is 18.1. The number of carboxylic acid groups (broad SMARTS) is 1. The average Bonchev–Trinajstić information content (AvgIpc) is 2.75. The van der Waals surface area contributed by atoms with Crippen molar-refractivity contribution in [2.24, 2.45) is 0 Å². The summed E-state index contributed by atoms with van der Waals surface area (Å²) in [5, 5.41) is 8.94. The molecule has 0 heterocycles. The van der Waals surface area contributed by atoms with Gasteiger partial charge < -0.3 is 5.11 Å². The monoisotopic (exact) mass is 291 g/mol. The van der Waals surface area contributed by atoms with Gasteiger partial charge in [-0.15, -0.1) is 0 Å². The van der Waals surface area contributed by atoms with Crippen LogP contribution in [0.25, 0.3) is 0 Å². The van der Waals surface area contributed by atoms with Crippen molar-refractivity contribution in [2.45, 2.75) is 57.2 Å². The van der Waals surface area contributed by atoms with Gasteiger partial charge in [0, 0.05) is 12.6 Å². The molecule has 0 bridgehead atoms. The van der Waals surface area contributed by atoms with Crippen LogP contribution in [0.5, 0.6) is 0 Å². The summed E-state index contributed by atoms with van der Waals surface area (Å²) in [6.45, 7) is 5.29. The Morgan fingerprint density at radius 1 is 1.26 bits per heavy atom. The predicted molar refractivity (Wildman–Crippen MR) is 75.0 cm³/mol. The molecule has 0 atom stereocenters. The van der Waals surface area contributed by atoms with Crippen LogP contribution in [0, 0.1) is 0 Å². The number of hydrogen-bond acceptors (Lipinski definition) is 4. The van der Waals surface area contributed by atoms with Gasteiger partial charge in [-0.3, -0.25) is 9.69 Å². The summed E-state index contributed by atoms with van der Waals surface area (Å²) in [5.41, 5.74) is 0. The summed E-state index contributed by atoms with van der Waals surface area (Å²) in [4.78, 5) is 12.7. The van der Waals surface area contributed by atoms with E-state index in [1.165, 1.54) is 0 Å². The Bertz CT molecular complexity index is 405. The Labute approximate surface area is 115 Å². The topological polar surface area (TPSA) is 74.7 Å². The Balaban J connectivity index is 2.65. The van der Waals surface area contributed by atoms with E-state index in [4.69, 9.17) is 5.11 Å². The molecule has 1 aliphatic carbocycles. The molecule has 1 fully saturated rings. The van der Waals surface area contributed by atoms with Crippen molar-refractivity contribution < 1.29 is 18.3 Å². The summed E-state index contributed by atoms with van der Waals surface area (Å²) in [6, 6.07) is 0.228. The smallest absolute Gasteiger partial charge is 0.317 e. The fourth-order valence-corrected chi connectivity index (χ4v) is 3.46. The predicted octanol–water partition coefficient (Wildman–Crippen LogP) is 1.53. The van der Waals surface area contributed by atoms with Crippen LogP contribution in [0.15, 0.2) is 0 Å². The number of aliphatic carboxylic acids is 1. The van der Waals surface area contributed by atoms with Crippen LogP contribution in [0.2, 0.25) is 0 Å². The van der Waals surface area contributed by atoms with Crippen LogP contribution >= 0.6 is 0 Å². The van der Waals surface area contributed by atoms with Crippen molar-refractivity contribution in [1.82, 2.24) is 4.90 Å². The van der Waals surface area contributed by atoms with E-state index < -0.39 is 20.6 Å². The van der Waals surface area contributed by atoms with Crippen molar-refractivity contribution in [1.29, 1.82) is 0 Å². The minimum Gasteiger partial charge on any atom is -0.480 e. The van der Waals surface area contributed by atoms with E-state index in [9.17, 15) is 13.2 Å². The number of carbonyl (C=O) groups is 1. The number of hydrogen-bond donors (Lipinski definition) is 1. The minimum atomic E-state index is -3.19. The van der Waals surface area contributed by atoms with Crippen molar-refractivity contribution in [3.63, 3.8) is 0 Å². The maximum Gasteiger partial charge on any atom is 0.317 e. The molecule has 1 N–H and O–H groups in total. The molecule has 0 spiro atoms. The SMILES string of the molecule is CC(C)(C)S(=O)(=O)CCN(CC(=O)O)C1CCCC1. The molecule has 0 saturated heterocycles. The molecule has 0 amide bonds. The molecule has 6 heteroatoms. The second-order valence-corrected chi connectivity index (χ2v) is 9.10. The molecule has 0 unspecified atom stereocenters. The van der Waals surface area contributed by atoms with Crippen LogP contribution in [0.4, 0.5) is 0 Å². The second-order valence-electron chi connectivity index (χ2n) is 6.23. The molecule has 1 saturated carbocycles. The third-order valence-corrected chi connectivity index (χ3v) is 6.35. The third kappa shape index (κ3) is 4.76. The lowest BCUT2D eigenvalue weighted by Gasteiger charge is -2.28. The molecule has 1 rings (SSSR count). The second kappa shape index (κ2) is 6.22. The van der Waals surface area contributed by atoms with Gasteiger partial charge in [-0.05, 0) is 33.6 Å². The van der Waals surface area contributed by atoms with Crippen LogP contribution < -0.4 is 0 Å². The van der Waals surface area contributed by atoms with Gasteiger partial charge in [0.2, 0.25) is 0 Å². The number of nitrogens with zero attached hydrogens (tertiary/aromatic N) is 1. The van der Waals surface area contributed by atoms with Crippen molar-refractivity contribution >= 4 is 15.8 Å². The molecule has 0 radical (unpaired) electrons. The van der Waals surface area contributed by atoms with Gasteiger partial charge in [-0.1, -0.05) is 12.8 Å². The third-order valence-electron chi connectivity index (χ3n) is 3.76. The first-order chi connectivity index (χ1) is 8.63. The molecule has 112 valence electrons. The van der Waals surface area contributed by atoms with Gasteiger partial charge in [0.1, 0.15) is 0 Å². The first kappa shape index (κ1) is 16.4. The summed E-state index contributed by atoms with van der Waals surface area (Å²) in [7, 11) is -3.19. The Hall–Kier alpha value is -0.620. The Kier molecular flexibility index (Phi) is 5.38. The zero-order valence-corrected chi connectivity index (χ0v) is 12.9. The summed E-state index contributed by atoms with van der Waals surface area (Å²) in [5.74, 6) is -0.861. The zero-order chi connectivity index (χ0) is 14.7. The van der Waals surface area contributed by atoms with Crippen LogP contribution in [-0.2, 0) is 14.6 Å². The van der Waals surface area contributed by atoms with E-state index in [-0.39, 0.29) is 18.3 Å². The van der Waals surface area contributed by atoms with Gasteiger partial charge in [-0.2, -0.15) is 0 Å². The zero-order valence-electron chi connectivity index (χ0n) is 12.1. The van der Waals surface area contributed by atoms with Gasteiger partial charge in [-0.25, -0.2) is 8.42 Å². The van der Waals surface area contributed by atoms with Gasteiger partial charge >= 0.3 is 5.97 Å². The highest BCUT2D eigenvalue weighted by Crippen LogP contribution is 2.24. The van der Waals surface area contributed by atoms with E-state index >= 15 is 0 Å². The molecular formula is C13H25NO4S. The molecule has 0 aromatic carbocycles. The molecule has 0 aromatic heterocycles. The highest BCUT2D eigenvalue weighted by Gasteiger charge is 2.31. The van der Waals surface area contributed by atoms with E-state index in [0.29, 0.717) is 6.54 Å². The van der Waals surface area contributed by atoms with Gasteiger partial charge in [0.05, 0.1) is 17.0 Å². The maximum absolute atomic E-state index is 12.1. The quantitative estimate of drug-likeness (QED) is 0.803. The molecular weight excluding hydrogens is 266 g/mol. The van der Waals surface area contributed by atoms with Crippen LogP contribution in [-0.4, -0.2) is 54.0 Å². The Morgan fingerprint density at radius 3 is 2.21 bits per heavy atom. The van der Waals surface area contributed by atoms with Crippen molar-refractivity contribution in [3.8, 4) is 0 Å². The fourth-order valence-electron chi connectivity index (χ4n) is 2.38. The maximum atomic E-state index is 12.1. The minimum absolute atomic E-state index is 0.0281. The first-order valence-corrected chi connectivity index (χ1v) is 8.47. The van der Waals surface area contributed by atoms with Crippen LogP contribution in [0.1, 0.15) is 46.5 Å². The van der Waals surface area contributed by atoms with Gasteiger partial charge in [0.25, 0.3) is 0 Å². The summed E-state index contributed by atoms with van der Waals surface area (Å²) < 4.78 is 23.4. The molecule has 0 aliphatic heterocycles. The first-order valence-electron chi connectivity index (χ1n) is 6.81. The lowest BCUT2D eigenvalue weighted by Crippen LogP contribution is -2.42. The van der Waals surface area contributed by atoms with E-state index in [2.05, 4.69) is 0 Å². The molecule has 5 nitrogen and oxygen atoms in total. The van der Waals surface area contributed by atoms with Crippen molar-refractivity contribution in [2.75, 3.05) is 18.8 Å². The lowest BCUT2D eigenvalue weighted by molar-refractivity contribution is -0.138. The fraction of sp³-hybridized carbons (Fsp3) is 0.923. The average molecular weight is 291 g/mol. The lowest BCUT2D eigenvalue weighted by atomic mass is 10.2. The largest absolute Gasteiger partial charge is 0.480 e. The number of sulfone groups is 1. The van der Waals surface area contributed by atoms with Crippen molar-refractivity contribution in [3.05, 3.63) is 0 Å². The summed E-state index contributed by atoms with van der Waals surface area (Å²) in [6.07, 6.45) is 4.16. The van der Waals surface area contributed by atoms with Gasteiger partial charge in [0.15, 0.2) is 9.84 Å². The van der Waals surface area contributed by atoms with Crippen LogP contribution in [0.3, 0.4) is 0 Å². The number of rotatable bonds is 6. The Morgan fingerprint density at radius 2 is 1.79 bits per heavy atom. The van der Waals surface area contributed by atoms with E-state index in [0.717, 1.165) is 25.7 Å². The molecule has 1 aliphatic rings. The van der Waals surface area contributed by atoms with E-state index in [1.807, 2.05) is 4.90 Å². The standard InChI is InChI=1S/C13H25NO4S/c1-13(2,3)19(17,18)9-8-14(10-12(15)16)11-6-4-5-7-11/h11H,4-10H2,1-3H3,(H,15,16).